The molecule has 1 unspecified atom stereocenters. The van der Waals surface area contributed by atoms with Gasteiger partial charge in [-0.2, -0.15) is 0 Å². The van der Waals surface area contributed by atoms with Crippen LogP contribution in [0.1, 0.15) is 31.7 Å². The van der Waals surface area contributed by atoms with E-state index in [1.165, 1.54) is 24.9 Å². The largest absolute Gasteiger partial charge is 0.494 e. The van der Waals surface area contributed by atoms with Crippen LogP contribution in [0.25, 0.3) is 0 Å². The van der Waals surface area contributed by atoms with Gasteiger partial charge in [-0.25, -0.2) is 0 Å². The number of benzene rings is 1. The molecule has 1 saturated heterocycles. The van der Waals surface area contributed by atoms with Crippen LogP contribution in [0.4, 0.5) is 0 Å². The van der Waals surface area contributed by atoms with Crippen LogP contribution in [0.5, 0.6) is 5.75 Å². The van der Waals surface area contributed by atoms with E-state index in [9.17, 15) is 0 Å². The van der Waals surface area contributed by atoms with Crippen molar-refractivity contribution in [1.29, 1.82) is 0 Å². The third-order valence-corrected chi connectivity index (χ3v) is 3.70. The maximum atomic E-state index is 5.69. The van der Waals surface area contributed by atoms with Gasteiger partial charge in [-0.05, 0) is 50.6 Å². The molecule has 0 radical (unpaired) electrons. The summed E-state index contributed by atoms with van der Waals surface area (Å²) in [6, 6.07) is 9.15. The summed E-state index contributed by atoms with van der Waals surface area (Å²) in [4.78, 5) is 2.45. The monoisotopic (exact) mass is 262 g/mol. The minimum absolute atomic E-state index is 0.661. The number of nitrogens with zero attached hydrogens (tertiary/aromatic N) is 1. The van der Waals surface area contributed by atoms with E-state index < -0.39 is 0 Å². The van der Waals surface area contributed by atoms with Gasteiger partial charge in [-0.3, -0.25) is 4.90 Å². The fraction of sp³-hybridized carbons (Fsp3) is 0.625. The highest BCUT2D eigenvalue weighted by Gasteiger charge is 2.17. The smallest absolute Gasteiger partial charge is 0.119 e. The Balaban J connectivity index is 1.90. The molecule has 0 aliphatic carbocycles. The molecule has 1 N–H and O–H groups in total. The molecule has 1 aromatic rings. The van der Waals surface area contributed by atoms with Crippen LogP contribution < -0.4 is 10.1 Å². The second kappa shape index (κ2) is 7.51. The minimum Gasteiger partial charge on any atom is -0.494 e. The Morgan fingerprint density at radius 1 is 1.42 bits per heavy atom. The van der Waals surface area contributed by atoms with Gasteiger partial charge in [0.1, 0.15) is 5.75 Å². The Bertz CT molecular complexity index is 375. The van der Waals surface area contributed by atoms with Gasteiger partial charge in [0.05, 0.1) is 6.61 Å². The van der Waals surface area contributed by atoms with E-state index in [1.54, 1.807) is 0 Å². The SMILES string of the molecule is CCCOc1cccc(CN(C)C2CCCNC2)c1. The van der Waals surface area contributed by atoms with Crippen molar-refractivity contribution >= 4 is 0 Å². The molecule has 1 heterocycles. The Kier molecular flexibility index (Phi) is 5.67. The third kappa shape index (κ3) is 4.51. The second-order valence-corrected chi connectivity index (χ2v) is 5.41. The van der Waals surface area contributed by atoms with Crippen molar-refractivity contribution in [3.05, 3.63) is 29.8 Å². The average molecular weight is 262 g/mol. The molecule has 0 saturated carbocycles. The molecule has 0 amide bonds. The Morgan fingerprint density at radius 2 is 2.32 bits per heavy atom. The molecule has 0 bridgehead atoms. The summed E-state index contributed by atoms with van der Waals surface area (Å²) in [5.41, 5.74) is 1.33. The fourth-order valence-electron chi connectivity index (χ4n) is 2.58. The van der Waals surface area contributed by atoms with E-state index in [2.05, 4.69) is 42.4 Å². The summed E-state index contributed by atoms with van der Waals surface area (Å²) in [7, 11) is 2.22. The van der Waals surface area contributed by atoms with E-state index in [-0.39, 0.29) is 0 Å². The van der Waals surface area contributed by atoms with Crippen LogP contribution in [0.3, 0.4) is 0 Å². The minimum atomic E-state index is 0.661. The van der Waals surface area contributed by atoms with Gasteiger partial charge >= 0.3 is 0 Å². The highest BCUT2D eigenvalue weighted by Crippen LogP contribution is 2.17. The molecule has 1 fully saturated rings. The molecule has 1 aromatic carbocycles. The molecule has 3 nitrogen and oxygen atoms in total. The predicted octanol–water partition coefficient (Wildman–Crippen LogP) is 2.66. The topological polar surface area (TPSA) is 24.5 Å². The molecule has 3 heteroatoms. The van der Waals surface area contributed by atoms with Gasteiger partial charge < -0.3 is 10.1 Å². The summed E-state index contributed by atoms with van der Waals surface area (Å²) in [6.45, 7) is 6.21. The first-order valence-corrected chi connectivity index (χ1v) is 7.42. The summed E-state index contributed by atoms with van der Waals surface area (Å²) in [5.74, 6) is 0.995. The number of likely N-dealkylation sites (N-methyl/N-ethyl adjacent to an activating group) is 1. The zero-order valence-electron chi connectivity index (χ0n) is 12.2. The molecule has 1 aliphatic rings. The van der Waals surface area contributed by atoms with Crippen molar-refractivity contribution in [3.63, 3.8) is 0 Å². The first-order chi connectivity index (χ1) is 9.29. The molecule has 106 valence electrons. The number of ether oxygens (including phenoxy) is 1. The van der Waals surface area contributed by atoms with E-state index in [4.69, 9.17) is 4.74 Å². The predicted molar refractivity (Wildman–Crippen MR) is 79.6 cm³/mol. The highest BCUT2D eigenvalue weighted by molar-refractivity contribution is 5.28. The molecule has 1 aliphatic heterocycles. The van der Waals surface area contributed by atoms with Crippen molar-refractivity contribution in [2.45, 2.75) is 38.8 Å². The Labute approximate surface area is 116 Å². The molecule has 1 atom stereocenters. The van der Waals surface area contributed by atoms with E-state index >= 15 is 0 Å². The fourth-order valence-corrected chi connectivity index (χ4v) is 2.58. The average Bonchev–Trinajstić information content (AvgIpc) is 2.46. The lowest BCUT2D eigenvalue weighted by Crippen LogP contribution is -2.43. The number of nitrogens with one attached hydrogen (secondary N) is 1. The van der Waals surface area contributed by atoms with Gasteiger partial charge in [0, 0.05) is 19.1 Å². The van der Waals surface area contributed by atoms with Crippen LogP contribution in [-0.2, 0) is 6.54 Å². The molecular formula is C16H26N2O. The van der Waals surface area contributed by atoms with Gasteiger partial charge in [-0.15, -0.1) is 0 Å². The molecular weight excluding hydrogens is 236 g/mol. The first-order valence-electron chi connectivity index (χ1n) is 7.42. The van der Waals surface area contributed by atoms with Gasteiger partial charge in [0.25, 0.3) is 0 Å². The van der Waals surface area contributed by atoms with E-state index in [0.29, 0.717) is 6.04 Å². The number of hydrogen-bond donors (Lipinski definition) is 1. The van der Waals surface area contributed by atoms with Crippen molar-refractivity contribution in [3.8, 4) is 5.75 Å². The summed E-state index contributed by atoms with van der Waals surface area (Å²) in [5, 5.41) is 3.47. The van der Waals surface area contributed by atoms with E-state index in [1.807, 2.05) is 6.07 Å². The van der Waals surface area contributed by atoms with Crippen LogP contribution in [-0.4, -0.2) is 37.7 Å². The van der Waals surface area contributed by atoms with Crippen molar-refractivity contribution in [2.75, 3.05) is 26.7 Å². The lowest BCUT2D eigenvalue weighted by molar-refractivity contribution is 0.195. The quantitative estimate of drug-likeness (QED) is 0.853. The van der Waals surface area contributed by atoms with Crippen LogP contribution in [0.15, 0.2) is 24.3 Å². The zero-order chi connectivity index (χ0) is 13.5. The Hall–Kier alpha value is -1.06. The summed E-state index contributed by atoms with van der Waals surface area (Å²) >= 11 is 0. The van der Waals surface area contributed by atoms with Crippen molar-refractivity contribution in [2.24, 2.45) is 0 Å². The summed E-state index contributed by atoms with van der Waals surface area (Å²) in [6.07, 6.45) is 3.64. The first kappa shape index (κ1) is 14.4. The third-order valence-electron chi connectivity index (χ3n) is 3.70. The molecule has 19 heavy (non-hydrogen) atoms. The lowest BCUT2D eigenvalue weighted by Gasteiger charge is -2.31. The van der Waals surface area contributed by atoms with Gasteiger partial charge in [-0.1, -0.05) is 19.1 Å². The van der Waals surface area contributed by atoms with Crippen molar-refractivity contribution < 1.29 is 4.74 Å². The maximum Gasteiger partial charge on any atom is 0.119 e. The number of rotatable bonds is 6. The standard InChI is InChI=1S/C16H26N2O/c1-3-10-19-16-8-4-6-14(11-16)13-18(2)15-7-5-9-17-12-15/h4,6,8,11,15,17H,3,5,7,9-10,12-13H2,1-2H3. The zero-order valence-corrected chi connectivity index (χ0v) is 12.2. The van der Waals surface area contributed by atoms with Crippen LogP contribution in [0.2, 0.25) is 0 Å². The number of piperidine rings is 1. The van der Waals surface area contributed by atoms with Crippen LogP contribution >= 0.6 is 0 Å². The molecule has 2 rings (SSSR count). The molecule has 0 spiro atoms. The highest BCUT2D eigenvalue weighted by atomic mass is 16.5. The second-order valence-electron chi connectivity index (χ2n) is 5.41. The van der Waals surface area contributed by atoms with Gasteiger partial charge in [0.2, 0.25) is 0 Å². The Morgan fingerprint density at radius 3 is 3.05 bits per heavy atom. The van der Waals surface area contributed by atoms with Crippen LogP contribution in [0, 0.1) is 0 Å². The normalized spacial score (nSPS) is 19.6. The lowest BCUT2D eigenvalue weighted by atomic mass is 10.1. The van der Waals surface area contributed by atoms with E-state index in [0.717, 1.165) is 31.9 Å². The number of hydrogen-bond acceptors (Lipinski definition) is 3. The molecule has 0 aromatic heterocycles. The maximum absolute atomic E-state index is 5.69. The summed E-state index contributed by atoms with van der Waals surface area (Å²) < 4.78 is 5.69. The van der Waals surface area contributed by atoms with Crippen molar-refractivity contribution in [1.82, 2.24) is 10.2 Å². The van der Waals surface area contributed by atoms with Gasteiger partial charge in [0.15, 0.2) is 0 Å².